The van der Waals surface area contributed by atoms with Crippen LogP contribution in [-0.2, 0) is 0 Å². The Bertz CT molecular complexity index is 139. The van der Waals surface area contributed by atoms with Gasteiger partial charge < -0.3 is 5.32 Å². The van der Waals surface area contributed by atoms with E-state index in [2.05, 4.69) is 45.9 Å². The van der Waals surface area contributed by atoms with Gasteiger partial charge in [0.05, 0.1) is 16.1 Å². The first-order valence-electron chi connectivity index (χ1n) is 2.44. The fourth-order valence-electron chi connectivity index (χ4n) is 0.519. The van der Waals surface area contributed by atoms with Gasteiger partial charge in [-0.3, -0.25) is 4.99 Å². The van der Waals surface area contributed by atoms with E-state index >= 15 is 0 Å². The molecule has 0 bridgehead atoms. The highest BCUT2D eigenvalue weighted by atomic mass is 127. The molecule has 1 heterocycles. The normalized spacial score (nSPS) is 26.8. The van der Waals surface area contributed by atoms with Crippen molar-refractivity contribution in [3.8, 4) is 0 Å². The molecule has 0 spiro atoms. The van der Waals surface area contributed by atoms with Crippen LogP contribution < -0.4 is 5.32 Å². The van der Waals surface area contributed by atoms with Gasteiger partial charge in [0.25, 0.3) is 0 Å². The molecule has 2 nitrogen and oxygen atoms in total. The van der Waals surface area contributed by atoms with E-state index in [0.717, 1.165) is 3.70 Å². The summed E-state index contributed by atoms with van der Waals surface area (Å²) < 4.78 is 1.16. The summed E-state index contributed by atoms with van der Waals surface area (Å²) in [6.07, 6.45) is 3.80. The Hall–Kier alpha value is -0.0600. The van der Waals surface area contributed by atoms with Crippen LogP contribution >= 0.6 is 22.6 Å². The van der Waals surface area contributed by atoms with Gasteiger partial charge in [0, 0.05) is 0 Å². The van der Waals surface area contributed by atoms with E-state index in [4.69, 9.17) is 0 Å². The van der Waals surface area contributed by atoms with Crippen LogP contribution in [0.15, 0.2) is 14.8 Å². The van der Waals surface area contributed by atoms with E-state index in [0.29, 0.717) is 6.04 Å². The lowest BCUT2D eigenvalue weighted by Crippen LogP contribution is -2.14. The van der Waals surface area contributed by atoms with E-state index < -0.39 is 0 Å². The van der Waals surface area contributed by atoms with Crippen molar-refractivity contribution < 1.29 is 0 Å². The van der Waals surface area contributed by atoms with Crippen molar-refractivity contribution in [3.63, 3.8) is 0 Å². The number of halogens is 1. The highest BCUT2D eigenvalue weighted by Crippen LogP contribution is 2.06. The summed E-state index contributed by atoms with van der Waals surface area (Å²) in [6.45, 7) is 2.05. The van der Waals surface area contributed by atoms with Crippen LogP contribution in [0, 0.1) is 0 Å². The van der Waals surface area contributed by atoms with Crippen LogP contribution in [0.1, 0.15) is 6.92 Å². The van der Waals surface area contributed by atoms with Gasteiger partial charge in [0.1, 0.15) is 0 Å². The minimum atomic E-state index is 0.350. The Morgan fingerprint density at radius 3 is 3.00 bits per heavy atom. The predicted molar refractivity (Wildman–Crippen MR) is 43.2 cm³/mol. The third kappa shape index (κ3) is 1.47. The molecule has 8 heavy (non-hydrogen) atoms. The summed E-state index contributed by atoms with van der Waals surface area (Å²) in [4.78, 5) is 4.06. The highest BCUT2D eigenvalue weighted by Gasteiger charge is 1.98. The van der Waals surface area contributed by atoms with Gasteiger partial charge in [-0.15, -0.1) is 0 Å². The Labute approximate surface area is 62.2 Å². The lowest BCUT2D eigenvalue weighted by molar-refractivity contribution is 0.895. The van der Waals surface area contributed by atoms with Gasteiger partial charge in [-0.05, 0) is 35.6 Å². The molecule has 3 heteroatoms. The third-order valence-electron chi connectivity index (χ3n) is 0.900. The number of rotatable bonds is 0. The number of nitrogens with zero attached hydrogens (tertiary/aromatic N) is 1. The molecule has 1 rings (SSSR count). The average molecular weight is 222 g/mol. The molecule has 0 aromatic carbocycles. The molecular weight excluding hydrogens is 215 g/mol. The van der Waals surface area contributed by atoms with Crippen LogP contribution in [0.5, 0.6) is 0 Å². The maximum atomic E-state index is 4.06. The molecule has 1 aliphatic rings. The van der Waals surface area contributed by atoms with Crippen molar-refractivity contribution >= 4 is 28.9 Å². The van der Waals surface area contributed by atoms with E-state index in [9.17, 15) is 0 Å². The van der Waals surface area contributed by atoms with Crippen molar-refractivity contribution in [1.82, 2.24) is 5.32 Å². The molecule has 1 atom stereocenters. The summed E-state index contributed by atoms with van der Waals surface area (Å²) in [5, 5.41) is 2.97. The molecule has 1 aliphatic heterocycles. The number of hydrogen-bond acceptors (Lipinski definition) is 2. The molecule has 1 N–H and O–H groups in total. The number of hydrogen-bond donors (Lipinski definition) is 1. The van der Waals surface area contributed by atoms with Gasteiger partial charge in [-0.2, -0.15) is 0 Å². The first-order chi connectivity index (χ1) is 3.79. The minimum Gasteiger partial charge on any atom is -0.342 e. The smallest absolute Gasteiger partial charge is 0.0878 e. The van der Waals surface area contributed by atoms with Gasteiger partial charge in [-0.1, -0.05) is 0 Å². The van der Waals surface area contributed by atoms with E-state index in [1.54, 1.807) is 6.34 Å². The third-order valence-corrected chi connectivity index (χ3v) is 1.57. The van der Waals surface area contributed by atoms with Gasteiger partial charge in [0.2, 0.25) is 0 Å². The zero-order valence-corrected chi connectivity index (χ0v) is 6.71. The van der Waals surface area contributed by atoms with Crippen molar-refractivity contribution in [2.45, 2.75) is 13.0 Å². The molecule has 0 amide bonds. The first kappa shape index (κ1) is 6.07. The standard InChI is InChI=1S/C5H7IN2/c1-4-2-5(6)8-3-7-4/h2-4H,1H3,(H,7,8). The summed E-state index contributed by atoms with van der Waals surface area (Å²) in [6, 6.07) is 0.350. The Balaban J connectivity index is 2.60. The average Bonchev–Trinajstić information content (AvgIpc) is 1.64. The number of nitrogens with one attached hydrogen (secondary N) is 1. The molecule has 0 saturated heterocycles. The van der Waals surface area contributed by atoms with E-state index in [1.807, 2.05) is 0 Å². The molecule has 1 unspecified atom stereocenters. The summed E-state index contributed by atoms with van der Waals surface area (Å²) >= 11 is 2.23. The van der Waals surface area contributed by atoms with Crippen LogP contribution in [0.25, 0.3) is 0 Å². The quantitative estimate of drug-likeness (QED) is 0.484. The highest BCUT2D eigenvalue weighted by molar-refractivity contribution is 14.1. The van der Waals surface area contributed by atoms with Crippen LogP contribution in [-0.4, -0.2) is 12.4 Å². The zero-order chi connectivity index (χ0) is 5.98. The molecule has 0 aromatic heterocycles. The summed E-state index contributed by atoms with van der Waals surface area (Å²) in [7, 11) is 0. The second-order valence-electron chi connectivity index (χ2n) is 1.68. The largest absolute Gasteiger partial charge is 0.342 e. The topological polar surface area (TPSA) is 24.4 Å². The summed E-state index contributed by atoms with van der Waals surface area (Å²) in [5.74, 6) is 0. The molecule has 44 valence electrons. The number of aliphatic imine (C=N–C) groups is 1. The molecule has 0 fully saturated rings. The summed E-state index contributed by atoms with van der Waals surface area (Å²) in [5.41, 5.74) is 0. The van der Waals surface area contributed by atoms with Crippen molar-refractivity contribution in [2.24, 2.45) is 4.99 Å². The zero-order valence-electron chi connectivity index (χ0n) is 4.56. The fourth-order valence-corrected chi connectivity index (χ4v) is 1.18. The molecule has 0 radical (unpaired) electrons. The van der Waals surface area contributed by atoms with Crippen LogP contribution in [0.2, 0.25) is 0 Å². The second kappa shape index (κ2) is 2.48. The molecule has 0 saturated carbocycles. The monoisotopic (exact) mass is 222 g/mol. The van der Waals surface area contributed by atoms with Crippen molar-refractivity contribution in [1.29, 1.82) is 0 Å². The van der Waals surface area contributed by atoms with E-state index in [1.165, 1.54) is 0 Å². The molecule has 0 aromatic rings. The van der Waals surface area contributed by atoms with Crippen LogP contribution in [0.4, 0.5) is 0 Å². The Morgan fingerprint density at radius 1 is 1.88 bits per heavy atom. The fraction of sp³-hybridized carbons (Fsp3) is 0.400. The lowest BCUT2D eigenvalue weighted by Gasteiger charge is -2.07. The first-order valence-corrected chi connectivity index (χ1v) is 3.52. The Morgan fingerprint density at radius 2 is 2.62 bits per heavy atom. The van der Waals surface area contributed by atoms with Crippen LogP contribution in [0.3, 0.4) is 0 Å². The maximum Gasteiger partial charge on any atom is 0.0878 e. The SMILES string of the molecule is CC1C=C(I)NC=N1. The maximum absolute atomic E-state index is 4.06. The Kier molecular flexibility index (Phi) is 1.88. The second-order valence-corrected chi connectivity index (χ2v) is 2.84. The minimum absolute atomic E-state index is 0.350. The lowest BCUT2D eigenvalue weighted by atomic mass is 10.3. The molecule has 0 aliphatic carbocycles. The van der Waals surface area contributed by atoms with Gasteiger partial charge in [-0.25, -0.2) is 0 Å². The van der Waals surface area contributed by atoms with Crippen molar-refractivity contribution in [3.05, 3.63) is 9.78 Å². The van der Waals surface area contributed by atoms with Gasteiger partial charge in [0.15, 0.2) is 0 Å². The van der Waals surface area contributed by atoms with Crippen molar-refractivity contribution in [2.75, 3.05) is 0 Å². The molecular formula is C5H7IN2. The van der Waals surface area contributed by atoms with Gasteiger partial charge >= 0.3 is 0 Å². The predicted octanol–water partition coefficient (Wildman–Crippen LogP) is 1.28. The van der Waals surface area contributed by atoms with E-state index in [-0.39, 0.29) is 0 Å².